The lowest BCUT2D eigenvalue weighted by Crippen LogP contribution is -2.23. The third-order valence-corrected chi connectivity index (χ3v) is 2.79. The van der Waals surface area contributed by atoms with Crippen molar-refractivity contribution in [2.75, 3.05) is 7.11 Å². The van der Waals surface area contributed by atoms with Gasteiger partial charge in [-0.2, -0.15) is 5.26 Å². The zero-order valence-electron chi connectivity index (χ0n) is 9.78. The number of carbonyl (C=O) groups excluding carboxylic acids is 1. The Balaban J connectivity index is 2.45. The number of hydrogen-bond donors (Lipinski definition) is 0. The summed E-state index contributed by atoms with van der Waals surface area (Å²) in [5.41, 5.74) is 1.23. The zero-order chi connectivity index (χ0) is 13.0. The number of pyridine rings is 1. The molecule has 1 aromatic heterocycles. The fourth-order valence-electron chi connectivity index (χ4n) is 1.94. The van der Waals surface area contributed by atoms with E-state index >= 15 is 0 Å². The first-order valence-electron chi connectivity index (χ1n) is 5.39. The maximum absolute atomic E-state index is 11.7. The number of nitriles is 1. The minimum Gasteiger partial charge on any atom is -0.466 e. The van der Waals surface area contributed by atoms with Gasteiger partial charge in [-0.25, -0.2) is 4.79 Å². The standard InChI is InChI=1S/C13H11N3O2/c1-18-13(17)11-8-16-7-10(6-14)12(11)9-2-4-15-5-3-9/h2-5,7-8,10,12H,1H3. The maximum Gasteiger partial charge on any atom is 0.335 e. The number of aliphatic imine (C=N–C) groups is 1. The molecular formula is C13H11N3O2. The molecule has 18 heavy (non-hydrogen) atoms. The molecule has 1 aliphatic heterocycles. The summed E-state index contributed by atoms with van der Waals surface area (Å²) in [6.45, 7) is 0. The van der Waals surface area contributed by atoms with E-state index in [1.54, 1.807) is 24.5 Å². The quantitative estimate of drug-likeness (QED) is 0.734. The molecule has 0 aromatic carbocycles. The van der Waals surface area contributed by atoms with E-state index in [1.807, 2.05) is 0 Å². The van der Waals surface area contributed by atoms with E-state index in [0.29, 0.717) is 5.57 Å². The van der Waals surface area contributed by atoms with E-state index in [1.165, 1.54) is 19.5 Å². The van der Waals surface area contributed by atoms with Crippen LogP contribution in [0.1, 0.15) is 11.5 Å². The van der Waals surface area contributed by atoms with Crippen molar-refractivity contribution in [2.24, 2.45) is 10.9 Å². The normalized spacial score (nSPS) is 21.9. The summed E-state index contributed by atoms with van der Waals surface area (Å²) >= 11 is 0. The molecule has 2 rings (SSSR count). The van der Waals surface area contributed by atoms with Crippen molar-refractivity contribution in [1.29, 1.82) is 5.26 Å². The van der Waals surface area contributed by atoms with Crippen LogP contribution in [0, 0.1) is 17.2 Å². The monoisotopic (exact) mass is 241 g/mol. The van der Waals surface area contributed by atoms with Crippen LogP contribution in [0.3, 0.4) is 0 Å². The van der Waals surface area contributed by atoms with Crippen LogP contribution < -0.4 is 0 Å². The molecule has 2 heterocycles. The van der Waals surface area contributed by atoms with Crippen molar-refractivity contribution in [3.63, 3.8) is 0 Å². The minimum atomic E-state index is -0.480. The molecule has 0 aliphatic carbocycles. The molecule has 5 nitrogen and oxygen atoms in total. The number of aromatic nitrogens is 1. The summed E-state index contributed by atoms with van der Waals surface area (Å²) in [5, 5.41) is 9.16. The van der Waals surface area contributed by atoms with Crippen molar-refractivity contribution in [3.05, 3.63) is 41.9 Å². The van der Waals surface area contributed by atoms with E-state index in [0.717, 1.165) is 5.56 Å². The Labute approximate surface area is 104 Å². The lowest BCUT2D eigenvalue weighted by molar-refractivity contribution is -0.136. The van der Waals surface area contributed by atoms with Gasteiger partial charge < -0.3 is 4.74 Å². The maximum atomic E-state index is 11.7. The van der Waals surface area contributed by atoms with Crippen LogP contribution in [-0.4, -0.2) is 24.3 Å². The number of nitrogens with zero attached hydrogens (tertiary/aromatic N) is 3. The largest absolute Gasteiger partial charge is 0.466 e. The molecule has 2 unspecified atom stereocenters. The van der Waals surface area contributed by atoms with Gasteiger partial charge in [0.15, 0.2) is 0 Å². The molecule has 90 valence electrons. The second-order valence-electron chi connectivity index (χ2n) is 3.79. The number of carbonyl (C=O) groups is 1. The van der Waals surface area contributed by atoms with Gasteiger partial charge in [0.05, 0.1) is 24.7 Å². The zero-order valence-corrected chi connectivity index (χ0v) is 9.78. The molecule has 2 atom stereocenters. The van der Waals surface area contributed by atoms with Gasteiger partial charge in [0.25, 0.3) is 0 Å². The van der Waals surface area contributed by atoms with Crippen molar-refractivity contribution in [2.45, 2.75) is 5.92 Å². The summed E-state index contributed by atoms with van der Waals surface area (Å²) in [4.78, 5) is 19.6. The molecule has 0 amide bonds. The van der Waals surface area contributed by atoms with Crippen molar-refractivity contribution in [1.82, 2.24) is 4.98 Å². The van der Waals surface area contributed by atoms with E-state index in [-0.39, 0.29) is 5.92 Å². The van der Waals surface area contributed by atoms with Crippen molar-refractivity contribution in [3.8, 4) is 6.07 Å². The van der Waals surface area contributed by atoms with Gasteiger partial charge in [0.1, 0.15) is 0 Å². The fourth-order valence-corrected chi connectivity index (χ4v) is 1.94. The molecule has 1 aliphatic rings. The Morgan fingerprint density at radius 3 is 2.78 bits per heavy atom. The van der Waals surface area contributed by atoms with Crippen molar-refractivity contribution < 1.29 is 9.53 Å². The predicted octanol–water partition coefficient (Wildman–Crippen LogP) is 1.45. The Morgan fingerprint density at radius 2 is 2.17 bits per heavy atom. The van der Waals surface area contributed by atoms with Gasteiger partial charge in [-0.3, -0.25) is 9.98 Å². The Hall–Kier alpha value is -2.48. The topological polar surface area (TPSA) is 75.3 Å². The third kappa shape index (κ3) is 2.13. The summed E-state index contributed by atoms with van der Waals surface area (Å²) in [6, 6.07) is 5.71. The Kier molecular flexibility index (Phi) is 3.49. The molecule has 0 fully saturated rings. The molecule has 5 heteroatoms. The lowest BCUT2D eigenvalue weighted by atomic mass is 9.81. The van der Waals surface area contributed by atoms with Gasteiger partial charge in [-0.05, 0) is 17.7 Å². The Bertz CT molecular complexity index is 543. The summed E-state index contributed by atoms with van der Waals surface area (Å²) < 4.78 is 4.73. The molecule has 0 saturated carbocycles. The molecule has 0 N–H and O–H groups in total. The Morgan fingerprint density at radius 1 is 1.44 bits per heavy atom. The van der Waals surface area contributed by atoms with Crippen LogP contribution in [-0.2, 0) is 9.53 Å². The summed E-state index contributed by atoms with van der Waals surface area (Å²) in [5.74, 6) is -1.30. The lowest BCUT2D eigenvalue weighted by Gasteiger charge is -2.23. The van der Waals surface area contributed by atoms with Crippen LogP contribution in [0.5, 0.6) is 0 Å². The van der Waals surface area contributed by atoms with E-state index < -0.39 is 11.9 Å². The average Bonchev–Trinajstić information content (AvgIpc) is 2.46. The SMILES string of the molecule is COC(=O)C1=CN=CC(C#N)C1c1ccncc1. The fraction of sp³-hybridized carbons (Fsp3) is 0.231. The highest BCUT2D eigenvalue weighted by molar-refractivity contribution is 5.92. The first-order valence-corrected chi connectivity index (χ1v) is 5.39. The van der Waals surface area contributed by atoms with Crippen LogP contribution in [0.2, 0.25) is 0 Å². The highest BCUT2D eigenvalue weighted by Gasteiger charge is 2.32. The molecular weight excluding hydrogens is 230 g/mol. The highest BCUT2D eigenvalue weighted by Crippen LogP contribution is 2.33. The molecule has 0 spiro atoms. The predicted molar refractivity (Wildman–Crippen MR) is 64.7 cm³/mol. The summed E-state index contributed by atoms with van der Waals surface area (Å²) in [7, 11) is 1.31. The smallest absolute Gasteiger partial charge is 0.335 e. The number of hydrogen-bond acceptors (Lipinski definition) is 5. The van der Waals surface area contributed by atoms with Crippen molar-refractivity contribution >= 4 is 12.2 Å². The first-order chi connectivity index (χ1) is 8.77. The number of rotatable bonds is 2. The van der Waals surface area contributed by atoms with Gasteiger partial charge in [-0.15, -0.1) is 0 Å². The van der Waals surface area contributed by atoms with Gasteiger partial charge >= 0.3 is 5.97 Å². The first kappa shape index (κ1) is 12.0. The van der Waals surface area contributed by atoms with Gasteiger partial charge in [0, 0.05) is 30.7 Å². The van der Waals surface area contributed by atoms with Gasteiger partial charge in [-0.1, -0.05) is 0 Å². The third-order valence-electron chi connectivity index (χ3n) is 2.79. The van der Waals surface area contributed by atoms with Crippen LogP contribution in [0.25, 0.3) is 0 Å². The summed E-state index contributed by atoms with van der Waals surface area (Å²) in [6.07, 6.45) is 6.25. The van der Waals surface area contributed by atoms with E-state index in [4.69, 9.17) is 10.00 Å². The van der Waals surface area contributed by atoms with Gasteiger partial charge in [0.2, 0.25) is 0 Å². The number of esters is 1. The van der Waals surface area contributed by atoms with Crippen LogP contribution in [0.4, 0.5) is 0 Å². The molecule has 1 aromatic rings. The molecule has 0 radical (unpaired) electrons. The average molecular weight is 241 g/mol. The van der Waals surface area contributed by atoms with Crippen LogP contribution in [0.15, 0.2) is 41.3 Å². The van der Waals surface area contributed by atoms with E-state index in [2.05, 4.69) is 16.0 Å². The second-order valence-corrected chi connectivity index (χ2v) is 3.79. The number of ether oxygens (including phenoxy) is 1. The number of methoxy groups -OCH3 is 1. The minimum absolute atomic E-state index is 0.358. The highest BCUT2D eigenvalue weighted by atomic mass is 16.5. The molecule has 0 bridgehead atoms. The van der Waals surface area contributed by atoms with E-state index in [9.17, 15) is 4.79 Å². The molecule has 0 saturated heterocycles. The van der Waals surface area contributed by atoms with Crippen LogP contribution >= 0.6 is 0 Å². The second kappa shape index (κ2) is 5.23.